The minimum Gasteiger partial charge on any atom is -0.496 e. The van der Waals surface area contributed by atoms with E-state index in [1.807, 2.05) is 25.1 Å². The Bertz CT molecular complexity index is 562. The van der Waals surface area contributed by atoms with Gasteiger partial charge in [-0.2, -0.15) is 0 Å². The Kier molecular flexibility index (Phi) is 5.06. The largest absolute Gasteiger partial charge is 0.496 e. The summed E-state index contributed by atoms with van der Waals surface area (Å²) in [6, 6.07) is 5.64. The van der Waals surface area contributed by atoms with Crippen LogP contribution in [0.1, 0.15) is 43.2 Å². The zero-order valence-electron chi connectivity index (χ0n) is 13.1. The Morgan fingerprint density at radius 2 is 1.95 bits per heavy atom. The molecule has 1 aliphatic rings. The van der Waals surface area contributed by atoms with Crippen LogP contribution in [-0.2, 0) is 16.0 Å². The number of rotatable bonds is 5. The van der Waals surface area contributed by atoms with Gasteiger partial charge in [-0.1, -0.05) is 37.0 Å². The third-order valence-corrected chi connectivity index (χ3v) is 4.28. The molecule has 0 spiro atoms. The Labute approximate surface area is 130 Å². The fourth-order valence-corrected chi connectivity index (χ4v) is 3.08. The van der Waals surface area contributed by atoms with Gasteiger partial charge in [0.1, 0.15) is 11.3 Å². The molecule has 1 aromatic carbocycles. The predicted molar refractivity (Wildman–Crippen MR) is 83.0 cm³/mol. The third-order valence-electron chi connectivity index (χ3n) is 4.28. The van der Waals surface area contributed by atoms with Crippen molar-refractivity contribution in [1.29, 1.82) is 0 Å². The normalized spacial score (nSPS) is 16.8. The molecule has 0 bridgehead atoms. The predicted octanol–water partition coefficient (Wildman–Crippen LogP) is 2.45. The maximum Gasteiger partial charge on any atom is 0.329 e. The molecule has 5 nitrogen and oxygen atoms in total. The zero-order chi connectivity index (χ0) is 16.2. The van der Waals surface area contributed by atoms with Crippen LogP contribution in [0.15, 0.2) is 18.2 Å². The van der Waals surface area contributed by atoms with Crippen molar-refractivity contribution in [2.75, 3.05) is 7.11 Å². The fourth-order valence-electron chi connectivity index (χ4n) is 3.08. The number of amides is 1. The second kappa shape index (κ2) is 6.81. The Morgan fingerprint density at radius 1 is 1.27 bits per heavy atom. The molecule has 5 heteroatoms. The number of ether oxygens (including phenoxy) is 1. The molecule has 1 amide bonds. The summed E-state index contributed by atoms with van der Waals surface area (Å²) >= 11 is 0. The molecule has 0 saturated heterocycles. The molecule has 120 valence electrons. The lowest BCUT2D eigenvalue weighted by molar-refractivity contribution is -0.149. The average molecular weight is 305 g/mol. The van der Waals surface area contributed by atoms with E-state index in [0.717, 1.165) is 30.4 Å². The molecule has 0 atom stereocenters. The van der Waals surface area contributed by atoms with Crippen LogP contribution in [0.5, 0.6) is 5.75 Å². The van der Waals surface area contributed by atoms with E-state index in [-0.39, 0.29) is 12.3 Å². The first-order valence-corrected chi connectivity index (χ1v) is 7.65. The highest BCUT2D eigenvalue weighted by Crippen LogP contribution is 2.29. The van der Waals surface area contributed by atoms with E-state index in [4.69, 9.17) is 4.74 Å². The maximum atomic E-state index is 12.3. The second-order valence-corrected chi connectivity index (χ2v) is 5.99. The number of hydrogen-bond donors (Lipinski definition) is 2. The summed E-state index contributed by atoms with van der Waals surface area (Å²) in [5.74, 6) is -0.557. The molecule has 1 fully saturated rings. The highest BCUT2D eigenvalue weighted by molar-refractivity contribution is 5.88. The van der Waals surface area contributed by atoms with Crippen molar-refractivity contribution in [3.8, 4) is 5.75 Å². The van der Waals surface area contributed by atoms with E-state index in [0.29, 0.717) is 18.6 Å². The zero-order valence-corrected chi connectivity index (χ0v) is 13.1. The number of carboxylic acid groups (broad SMARTS) is 1. The molecule has 1 saturated carbocycles. The van der Waals surface area contributed by atoms with Gasteiger partial charge in [0.15, 0.2) is 0 Å². The monoisotopic (exact) mass is 305 g/mol. The summed E-state index contributed by atoms with van der Waals surface area (Å²) in [5.41, 5.74) is 0.706. The minimum absolute atomic E-state index is 0.125. The Hall–Kier alpha value is -2.04. The Balaban J connectivity index is 2.12. The summed E-state index contributed by atoms with van der Waals surface area (Å²) < 4.78 is 5.27. The fraction of sp³-hybridized carbons (Fsp3) is 0.529. The number of aryl methyl sites for hydroxylation is 1. The smallest absolute Gasteiger partial charge is 0.329 e. The molecule has 1 aromatic rings. The van der Waals surface area contributed by atoms with Crippen LogP contribution in [0.4, 0.5) is 0 Å². The quantitative estimate of drug-likeness (QED) is 0.876. The lowest BCUT2D eigenvalue weighted by Gasteiger charge is -2.34. The van der Waals surface area contributed by atoms with Crippen LogP contribution in [0.25, 0.3) is 0 Å². The average Bonchev–Trinajstić information content (AvgIpc) is 2.48. The van der Waals surface area contributed by atoms with Crippen molar-refractivity contribution >= 4 is 11.9 Å². The van der Waals surface area contributed by atoms with Crippen molar-refractivity contribution in [3.63, 3.8) is 0 Å². The molecule has 0 unspecified atom stereocenters. The third kappa shape index (κ3) is 3.59. The number of carbonyl (C=O) groups excluding carboxylic acids is 1. The summed E-state index contributed by atoms with van der Waals surface area (Å²) in [4.78, 5) is 23.9. The number of benzene rings is 1. The SMILES string of the molecule is COc1ccc(C)cc1CC(=O)NC1(C(=O)O)CCCCC1. The summed E-state index contributed by atoms with van der Waals surface area (Å²) in [6.07, 6.45) is 3.81. The van der Waals surface area contributed by atoms with Gasteiger partial charge in [0.2, 0.25) is 5.91 Å². The van der Waals surface area contributed by atoms with Crippen molar-refractivity contribution in [2.24, 2.45) is 0 Å². The molecular weight excluding hydrogens is 282 g/mol. The van der Waals surface area contributed by atoms with E-state index < -0.39 is 11.5 Å². The van der Waals surface area contributed by atoms with Crippen molar-refractivity contribution in [1.82, 2.24) is 5.32 Å². The van der Waals surface area contributed by atoms with Gasteiger partial charge >= 0.3 is 5.97 Å². The van der Waals surface area contributed by atoms with Crippen molar-refractivity contribution in [2.45, 2.75) is 51.0 Å². The molecular formula is C17H23NO4. The number of nitrogens with one attached hydrogen (secondary N) is 1. The lowest BCUT2D eigenvalue weighted by atomic mass is 9.81. The number of hydrogen-bond acceptors (Lipinski definition) is 3. The van der Waals surface area contributed by atoms with E-state index >= 15 is 0 Å². The van der Waals surface area contributed by atoms with Gasteiger partial charge in [-0.3, -0.25) is 4.79 Å². The van der Waals surface area contributed by atoms with Crippen LogP contribution in [0, 0.1) is 6.92 Å². The van der Waals surface area contributed by atoms with E-state index in [1.165, 1.54) is 0 Å². The number of carboxylic acids is 1. The molecule has 0 aliphatic heterocycles. The molecule has 2 rings (SSSR count). The Morgan fingerprint density at radius 3 is 2.55 bits per heavy atom. The number of aliphatic carboxylic acids is 1. The van der Waals surface area contributed by atoms with Gasteiger partial charge in [0, 0.05) is 5.56 Å². The summed E-state index contributed by atoms with van der Waals surface area (Å²) in [5, 5.41) is 12.3. The van der Waals surface area contributed by atoms with Gasteiger partial charge < -0.3 is 15.2 Å². The van der Waals surface area contributed by atoms with Gasteiger partial charge in [0.25, 0.3) is 0 Å². The highest BCUT2D eigenvalue weighted by atomic mass is 16.5. The van der Waals surface area contributed by atoms with Crippen LogP contribution in [0.2, 0.25) is 0 Å². The standard InChI is InChI=1S/C17H23NO4/c1-12-6-7-14(22-2)13(10-12)11-15(19)18-17(16(20)21)8-4-3-5-9-17/h6-7,10H,3-5,8-9,11H2,1-2H3,(H,18,19)(H,20,21). The molecule has 22 heavy (non-hydrogen) atoms. The summed E-state index contributed by atoms with van der Waals surface area (Å²) in [7, 11) is 1.56. The van der Waals surface area contributed by atoms with Gasteiger partial charge in [0.05, 0.1) is 13.5 Å². The van der Waals surface area contributed by atoms with Crippen LogP contribution in [-0.4, -0.2) is 29.6 Å². The highest BCUT2D eigenvalue weighted by Gasteiger charge is 2.40. The first kappa shape index (κ1) is 16.3. The molecule has 2 N–H and O–H groups in total. The van der Waals surface area contributed by atoms with E-state index in [1.54, 1.807) is 7.11 Å². The van der Waals surface area contributed by atoms with Crippen LogP contribution >= 0.6 is 0 Å². The maximum absolute atomic E-state index is 12.3. The molecule has 0 aromatic heterocycles. The van der Waals surface area contributed by atoms with Gasteiger partial charge in [-0.05, 0) is 25.8 Å². The lowest BCUT2D eigenvalue weighted by Crippen LogP contribution is -2.56. The van der Waals surface area contributed by atoms with E-state index in [9.17, 15) is 14.7 Å². The summed E-state index contributed by atoms with van der Waals surface area (Å²) in [6.45, 7) is 1.95. The molecule has 0 heterocycles. The van der Waals surface area contributed by atoms with Crippen molar-refractivity contribution < 1.29 is 19.4 Å². The number of carbonyl (C=O) groups is 2. The first-order valence-electron chi connectivity index (χ1n) is 7.65. The second-order valence-electron chi connectivity index (χ2n) is 5.99. The first-order chi connectivity index (χ1) is 10.5. The van der Waals surface area contributed by atoms with Crippen LogP contribution in [0.3, 0.4) is 0 Å². The van der Waals surface area contributed by atoms with Gasteiger partial charge in [-0.25, -0.2) is 4.79 Å². The van der Waals surface area contributed by atoms with Crippen LogP contribution < -0.4 is 10.1 Å². The van der Waals surface area contributed by atoms with Gasteiger partial charge in [-0.15, -0.1) is 0 Å². The molecule has 0 radical (unpaired) electrons. The topological polar surface area (TPSA) is 75.6 Å². The molecule has 1 aliphatic carbocycles. The minimum atomic E-state index is -1.10. The van der Waals surface area contributed by atoms with E-state index in [2.05, 4.69) is 5.32 Å². The number of methoxy groups -OCH3 is 1. The van der Waals surface area contributed by atoms with Crippen molar-refractivity contribution in [3.05, 3.63) is 29.3 Å².